The van der Waals surface area contributed by atoms with Crippen molar-refractivity contribution in [1.82, 2.24) is 55.5 Å². The SMILES string of the molecule is COc1ccc(C#CCNC2(C)CCN(C3CCN(c4nc([C@@](CO)(OC5CC5)c5ccccc5)c5cc(-c6cn(C)c(=O)c7[nH]ccc67)ccc5n4)CC3)CC2)cc1N1CCC(=O)N(CNC(=O)CNC(=O)[C@H](CC(N)=O)NC(=O)CCOCCOCCN2C(=O)C(Sc3ccccc3)=C(Sc3ccccc3)C2=O)C1=O. The Morgan fingerprint density at radius 2 is 1.44 bits per heavy atom. The second-order valence-corrected chi connectivity index (χ2v) is 30.5. The van der Waals surface area contributed by atoms with Crippen LogP contribution in [0.3, 0.4) is 0 Å². The zero-order valence-electron chi connectivity index (χ0n) is 62.6. The van der Waals surface area contributed by atoms with E-state index in [4.69, 9.17) is 34.6 Å². The van der Waals surface area contributed by atoms with Crippen LogP contribution in [-0.2, 0) is 60.4 Å². The molecule has 8 N–H and O–H groups in total. The summed E-state index contributed by atoms with van der Waals surface area (Å²) in [5.41, 5.74) is 9.20. The summed E-state index contributed by atoms with van der Waals surface area (Å²) in [6, 6.07) is 39.8. The molecule has 1 saturated carbocycles. The second kappa shape index (κ2) is 36.2. The number of carbonyl (C=O) groups excluding carboxylic acids is 8. The molecule has 584 valence electrons. The fraction of sp³-hybridized carbons (Fsp3) is 0.378. The number of aryl methyl sites for hydroxylation is 1. The van der Waals surface area contributed by atoms with E-state index in [9.17, 15) is 48.3 Å². The molecule has 2 atom stereocenters. The van der Waals surface area contributed by atoms with Gasteiger partial charge in [0.1, 0.15) is 24.0 Å². The number of imide groups is 2. The molecule has 1 aliphatic carbocycles. The number of hydrogen-bond donors (Lipinski definition) is 7. The molecule has 7 heterocycles. The number of primary amides is 1. The van der Waals surface area contributed by atoms with Gasteiger partial charge in [-0.3, -0.25) is 48.2 Å². The third-order valence-corrected chi connectivity index (χ3v) is 23.0. The van der Waals surface area contributed by atoms with Crippen molar-refractivity contribution in [2.24, 2.45) is 12.8 Å². The minimum absolute atomic E-state index is 0.000857. The minimum Gasteiger partial charge on any atom is -0.495 e. The number of aliphatic hydroxyl groups is 1. The number of fused-ring (bicyclic) bond motifs is 2. The number of nitrogens with zero attached hydrogens (tertiary/aromatic N) is 8. The number of rotatable bonds is 33. The van der Waals surface area contributed by atoms with Gasteiger partial charge in [-0.05, 0) is 117 Å². The zero-order chi connectivity index (χ0) is 78.5. The van der Waals surface area contributed by atoms with Gasteiger partial charge in [-0.2, -0.15) is 0 Å². The lowest BCUT2D eigenvalue weighted by Gasteiger charge is -2.45. The van der Waals surface area contributed by atoms with Gasteiger partial charge >= 0.3 is 6.03 Å². The summed E-state index contributed by atoms with van der Waals surface area (Å²) in [5, 5.41) is 24.2. The molecule has 28 nitrogen and oxygen atoms in total. The lowest BCUT2D eigenvalue weighted by atomic mass is 9.87. The smallest absolute Gasteiger partial charge is 0.332 e. The minimum atomic E-state index is -1.45. The second-order valence-electron chi connectivity index (χ2n) is 28.4. The first-order chi connectivity index (χ1) is 54.3. The predicted molar refractivity (Wildman–Crippen MR) is 423 cm³/mol. The lowest BCUT2D eigenvalue weighted by Crippen LogP contribution is -2.56. The van der Waals surface area contributed by atoms with Crippen molar-refractivity contribution < 1.29 is 62.4 Å². The van der Waals surface area contributed by atoms with Gasteiger partial charge in [0.05, 0.1) is 99.0 Å². The standard InChI is InChI=1S/C82H90N14O14S2/c1-81(32-39-92(40-33-81)56-28-36-93(37-29-56)79-89-63-25-22-54(62-50-91(2)76(103)71-60(62)27-35-84-71)47-61(63)74(90-79)82(51-97,110-57-23-24-57)55-15-7-4-8-16-55)87-34-13-14-53-21-26-66(107-3)65(46-53)94-38-30-70(101)96(80(94)106)52-86-69(100)49-85-75(102)64(48-67(83)98)88-68(99)31-42-108-44-45-109-43-41-95-77(104)72(111-58-17-9-5-10-18-58)73(78(95)105)112-59-19-11-6-12-20-59/h4-12,15-22,25-27,35,46-47,50,56-57,64,84,87,97H,23-24,28-34,36-45,48-49,51-52H2,1-3H3,(H2,83,98)(H,85,102)(H,86,100)(H,88,99)/t64-,82-/m0/s1. The highest BCUT2D eigenvalue weighted by atomic mass is 32.2. The summed E-state index contributed by atoms with van der Waals surface area (Å²) in [4.78, 5) is 143. The highest BCUT2D eigenvalue weighted by Crippen LogP contribution is 2.45. The van der Waals surface area contributed by atoms with Crippen molar-refractivity contribution in [2.45, 2.75) is 104 Å². The van der Waals surface area contributed by atoms with Crippen LogP contribution in [0, 0.1) is 11.8 Å². The number of ether oxygens (including phenoxy) is 4. The quantitative estimate of drug-likeness (QED) is 0.0128. The van der Waals surface area contributed by atoms with Gasteiger partial charge in [0.2, 0.25) is 35.5 Å². The highest BCUT2D eigenvalue weighted by molar-refractivity contribution is 8.08. The van der Waals surface area contributed by atoms with Crippen molar-refractivity contribution in [1.29, 1.82) is 0 Å². The lowest BCUT2D eigenvalue weighted by molar-refractivity contribution is -0.138. The van der Waals surface area contributed by atoms with Crippen molar-refractivity contribution in [3.8, 4) is 28.7 Å². The Bertz CT molecular complexity index is 4920. The first-order valence-corrected chi connectivity index (χ1v) is 39.1. The van der Waals surface area contributed by atoms with E-state index in [1.165, 1.54) is 35.5 Å². The monoisotopic (exact) mass is 1560 g/mol. The van der Waals surface area contributed by atoms with Gasteiger partial charge in [-0.25, -0.2) is 19.7 Å². The van der Waals surface area contributed by atoms with Gasteiger partial charge in [0.25, 0.3) is 17.4 Å². The van der Waals surface area contributed by atoms with Crippen LogP contribution >= 0.6 is 23.5 Å². The molecule has 4 aliphatic heterocycles. The molecule has 112 heavy (non-hydrogen) atoms. The Hall–Kier alpha value is -10.8. The van der Waals surface area contributed by atoms with Crippen molar-refractivity contribution in [3.63, 3.8) is 0 Å². The molecule has 30 heteroatoms. The summed E-state index contributed by atoms with van der Waals surface area (Å²) < 4.78 is 25.4. The molecular formula is C82H90N14O14S2. The summed E-state index contributed by atoms with van der Waals surface area (Å²) in [6.07, 6.45) is 8.10. The number of hydrogen-bond acceptors (Lipinski definition) is 21. The Kier molecular flexibility index (Phi) is 25.6. The fourth-order valence-corrected chi connectivity index (χ4v) is 16.3. The maximum Gasteiger partial charge on any atom is 0.332 e. The van der Waals surface area contributed by atoms with Crippen molar-refractivity contribution >= 4 is 104 Å². The van der Waals surface area contributed by atoms with Gasteiger partial charge in [-0.15, -0.1) is 0 Å². The van der Waals surface area contributed by atoms with Crippen molar-refractivity contribution in [2.75, 3.05) is 109 Å². The highest BCUT2D eigenvalue weighted by Gasteiger charge is 2.45. The molecule has 5 aromatic carbocycles. The Balaban J connectivity index is 0.545. The van der Waals surface area contributed by atoms with E-state index >= 15 is 0 Å². The molecule has 4 fully saturated rings. The number of aliphatic hydroxyl groups excluding tert-OH is 1. The largest absolute Gasteiger partial charge is 0.495 e. The van der Waals surface area contributed by atoms with Crippen LogP contribution < -0.4 is 47.1 Å². The van der Waals surface area contributed by atoms with E-state index in [-0.39, 0.29) is 76.2 Å². The van der Waals surface area contributed by atoms with E-state index in [2.05, 4.69) is 60.9 Å². The molecule has 8 aromatic rings. The van der Waals surface area contributed by atoms with Crippen LogP contribution in [0.1, 0.15) is 81.5 Å². The zero-order valence-corrected chi connectivity index (χ0v) is 64.2. The number of aromatic nitrogens is 4. The number of amides is 9. The van der Waals surface area contributed by atoms with Gasteiger partial charge < -0.3 is 70.4 Å². The molecular weight excluding hydrogens is 1470 g/mol. The van der Waals surface area contributed by atoms with E-state index in [1.807, 2.05) is 115 Å². The molecule has 0 spiro atoms. The maximum atomic E-state index is 14.1. The number of methoxy groups -OCH3 is 1. The Morgan fingerprint density at radius 3 is 2.10 bits per heavy atom. The van der Waals surface area contributed by atoms with E-state index in [1.54, 1.807) is 36.0 Å². The van der Waals surface area contributed by atoms with Crippen LogP contribution in [0.2, 0.25) is 0 Å². The number of likely N-dealkylation sites (tertiary alicyclic amines) is 1. The normalized spacial score (nSPS) is 17.0. The number of pyridine rings is 1. The molecule has 0 radical (unpaired) electrons. The predicted octanol–water partition coefficient (Wildman–Crippen LogP) is 6.66. The number of nitrogens with two attached hydrogens (primary N) is 1. The van der Waals surface area contributed by atoms with Gasteiger partial charge in [0, 0.05) is 108 Å². The van der Waals surface area contributed by atoms with E-state index in [0.29, 0.717) is 56.6 Å². The van der Waals surface area contributed by atoms with E-state index in [0.717, 1.165) is 117 Å². The van der Waals surface area contributed by atoms with Crippen LogP contribution in [0.4, 0.5) is 16.4 Å². The fourth-order valence-electron chi connectivity index (χ4n) is 14.3. The summed E-state index contributed by atoms with van der Waals surface area (Å²) in [7, 11) is 3.21. The number of anilines is 2. The molecule has 3 saturated heterocycles. The summed E-state index contributed by atoms with van der Waals surface area (Å²) in [6.45, 7) is 4.44. The molecule has 5 aliphatic rings. The third kappa shape index (κ3) is 18.7. The number of benzene rings is 5. The number of urea groups is 1. The number of thioether (sulfide) groups is 2. The van der Waals surface area contributed by atoms with Crippen LogP contribution in [0.15, 0.2) is 170 Å². The molecule has 0 unspecified atom stereocenters. The number of H-pyrrole nitrogens is 1. The van der Waals surface area contributed by atoms with Crippen LogP contribution in [0.25, 0.3) is 32.9 Å². The van der Waals surface area contributed by atoms with Crippen molar-refractivity contribution in [3.05, 3.63) is 183 Å². The number of carbonyl (C=O) groups is 8. The van der Waals surface area contributed by atoms with Crippen LogP contribution in [0.5, 0.6) is 5.75 Å². The molecule has 9 amide bonds. The first kappa shape index (κ1) is 79.3. The number of nitrogens with one attached hydrogen (secondary N) is 5. The topological polar surface area (TPSA) is 348 Å². The molecule has 13 rings (SSSR count). The van der Waals surface area contributed by atoms with Gasteiger partial charge in [-0.1, -0.05) is 108 Å². The molecule has 3 aromatic heterocycles. The average Bonchev–Trinajstić information content (AvgIpc) is 0.960. The van der Waals surface area contributed by atoms with Gasteiger partial charge in [0.15, 0.2) is 5.60 Å². The average molecular weight is 1560 g/mol. The Labute approximate surface area is 655 Å². The summed E-state index contributed by atoms with van der Waals surface area (Å²) in [5.74, 6) is 2.80. The van der Waals surface area contributed by atoms with Crippen LogP contribution in [-0.4, -0.2) is 210 Å². The Morgan fingerprint density at radius 1 is 0.759 bits per heavy atom. The third-order valence-electron chi connectivity index (χ3n) is 20.6. The molecule has 0 bridgehead atoms. The van der Waals surface area contributed by atoms with E-state index < -0.39 is 78.7 Å². The number of aromatic amines is 1. The maximum absolute atomic E-state index is 14.1. The number of piperidine rings is 2. The first-order valence-electron chi connectivity index (χ1n) is 37.5. The summed E-state index contributed by atoms with van der Waals surface area (Å²) >= 11 is 2.46.